The van der Waals surface area contributed by atoms with Gasteiger partial charge in [0.25, 0.3) is 0 Å². The van der Waals surface area contributed by atoms with Crippen molar-refractivity contribution in [2.24, 2.45) is 5.92 Å². The molecule has 4 nitrogen and oxygen atoms in total. The summed E-state index contributed by atoms with van der Waals surface area (Å²) in [6, 6.07) is 14.2. The summed E-state index contributed by atoms with van der Waals surface area (Å²) < 4.78 is 0. The van der Waals surface area contributed by atoms with Crippen LogP contribution in [0, 0.1) is 19.8 Å². The van der Waals surface area contributed by atoms with E-state index < -0.39 is 0 Å². The van der Waals surface area contributed by atoms with Gasteiger partial charge in [-0.1, -0.05) is 42.7 Å². The van der Waals surface area contributed by atoms with E-state index in [1.807, 2.05) is 35.2 Å². The van der Waals surface area contributed by atoms with Crippen molar-refractivity contribution in [3.8, 4) is 0 Å². The van der Waals surface area contributed by atoms with Gasteiger partial charge in [0.15, 0.2) is 0 Å². The first-order valence-electron chi connectivity index (χ1n) is 9.94. The maximum absolute atomic E-state index is 12.6. The fourth-order valence-electron chi connectivity index (χ4n) is 4.17. The summed E-state index contributed by atoms with van der Waals surface area (Å²) in [7, 11) is 0. The van der Waals surface area contributed by atoms with Crippen molar-refractivity contribution in [1.29, 1.82) is 0 Å². The number of hydrogen-bond donors (Lipinski definition) is 1. The predicted molar refractivity (Wildman–Crippen MR) is 116 cm³/mol. The Hall–Kier alpha value is -2.27. The summed E-state index contributed by atoms with van der Waals surface area (Å²) in [5, 5.41) is 3.01. The third-order valence-electron chi connectivity index (χ3n) is 5.67. The zero-order chi connectivity index (χ0) is 19.7. The van der Waals surface area contributed by atoms with Crippen LogP contribution >= 0.6 is 11.8 Å². The average molecular weight is 395 g/mol. The molecule has 4 rings (SSSR count). The molecule has 1 unspecified atom stereocenters. The highest BCUT2D eigenvalue weighted by Gasteiger charge is 2.34. The van der Waals surface area contributed by atoms with Gasteiger partial charge in [-0.25, -0.2) is 0 Å². The van der Waals surface area contributed by atoms with Gasteiger partial charge in [0.1, 0.15) is 5.37 Å². The van der Waals surface area contributed by atoms with Crippen LogP contribution in [0.5, 0.6) is 0 Å². The van der Waals surface area contributed by atoms with Crippen molar-refractivity contribution in [1.82, 2.24) is 0 Å². The molecule has 28 heavy (non-hydrogen) atoms. The molecule has 0 bridgehead atoms. The summed E-state index contributed by atoms with van der Waals surface area (Å²) >= 11 is 1.65. The molecule has 2 fully saturated rings. The third-order valence-corrected chi connectivity index (χ3v) is 6.88. The molecule has 2 aromatic carbocycles. The van der Waals surface area contributed by atoms with Crippen LogP contribution in [-0.4, -0.2) is 17.6 Å². The minimum Gasteiger partial charge on any atom is -0.326 e. The van der Waals surface area contributed by atoms with Crippen molar-refractivity contribution >= 4 is 35.0 Å². The lowest BCUT2D eigenvalue weighted by Gasteiger charge is -2.26. The van der Waals surface area contributed by atoms with Crippen molar-refractivity contribution in [2.75, 3.05) is 16.0 Å². The van der Waals surface area contributed by atoms with Gasteiger partial charge in [0.2, 0.25) is 11.8 Å². The number of hydrogen-bond acceptors (Lipinski definition) is 3. The largest absolute Gasteiger partial charge is 0.326 e. The number of rotatable bonds is 4. The zero-order valence-electron chi connectivity index (χ0n) is 16.4. The molecular formula is C23H26N2O2S. The maximum atomic E-state index is 12.6. The maximum Gasteiger partial charge on any atom is 0.238 e. The van der Waals surface area contributed by atoms with Gasteiger partial charge >= 0.3 is 0 Å². The third kappa shape index (κ3) is 3.81. The molecule has 2 amide bonds. The second-order valence-electron chi connectivity index (χ2n) is 7.81. The summed E-state index contributed by atoms with van der Waals surface area (Å²) in [6.07, 6.45) is 4.29. The Kier molecular flexibility index (Phi) is 5.44. The molecule has 2 aromatic rings. The quantitative estimate of drug-likeness (QED) is 0.774. The second kappa shape index (κ2) is 8.00. The summed E-state index contributed by atoms with van der Waals surface area (Å²) in [6.45, 7) is 4.12. The summed E-state index contributed by atoms with van der Waals surface area (Å²) in [5.41, 5.74) is 5.19. The van der Waals surface area contributed by atoms with Crippen LogP contribution in [0.4, 0.5) is 11.4 Å². The molecular weight excluding hydrogens is 368 g/mol. The Morgan fingerprint density at radius 3 is 2.46 bits per heavy atom. The van der Waals surface area contributed by atoms with Crippen molar-refractivity contribution < 1.29 is 9.59 Å². The van der Waals surface area contributed by atoms with Crippen molar-refractivity contribution in [3.05, 3.63) is 59.2 Å². The predicted octanol–water partition coefficient (Wildman–Crippen LogP) is 5.21. The number of anilines is 2. The van der Waals surface area contributed by atoms with E-state index in [0.717, 1.165) is 48.2 Å². The molecule has 5 heteroatoms. The van der Waals surface area contributed by atoms with E-state index in [2.05, 4.69) is 31.3 Å². The van der Waals surface area contributed by atoms with E-state index in [1.165, 1.54) is 5.56 Å². The molecule has 1 N–H and O–H groups in total. The highest BCUT2D eigenvalue weighted by Crippen LogP contribution is 2.43. The number of nitrogens with one attached hydrogen (secondary N) is 1. The fourth-order valence-corrected chi connectivity index (χ4v) is 5.34. The first-order chi connectivity index (χ1) is 13.5. The van der Waals surface area contributed by atoms with Crippen LogP contribution in [0.25, 0.3) is 0 Å². The summed E-state index contributed by atoms with van der Waals surface area (Å²) in [5.74, 6) is 0.911. The van der Waals surface area contributed by atoms with Crippen molar-refractivity contribution in [3.63, 3.8) is 0 Å². The second-order valence-corrected chi connectivity index (χ2v) is 8.88. The number of benzene rings is 2. The lowest BCUT2D eigenvalue weighted by molar-refractivity contribution is -0.119. The van der Waals surface area contributed by atoms with E-state index in [0.29, 0.717) is 5.75 Å². The molecule has 1 heterocycles. The van der Waals surface area contributed by atoms with Gasteiger partial charge in [-0.15, -0.1) is 11.8 Å². The molecule has 146 valence electrons. The number of amides is 2. The lowest BCUT2D eigenvalue weighted by atomic mass is 10.1. The average Bonchev–Trinajstić information content (AvgIpc) is 3.33. The molecule has 0 spiro atoms. The van der Waals surface area contributed by atoms with Gasteiger partial charge in [-0.3, -0.25) is 14.5 Å². The minimum atomic E-state index is -0.0338. The normalized spacial score (nSPS) is 20.0. The first-order valence-corrected chi connectivity index (χ1v) is 11.0. The Labute approximate surface area is 170 Å². The standard InChI is InChI=1S/C23H26N2O2S/c1-15-7-12-20(16(2)13-15)25-21(26)14-28-23(25)18-8-10-19(11-9-18)24-22(27)17-5-3-4-6-17/h7-13,17,23H,3-6,14H2,1-2H3,(H,24,27). The van der Waals surface area contributed by atoms with Crippen LogP contribution in [0.3, 0.4) is 0 Å². The van der Waals surface area contributed by atoms with Crippen LogP contribution in [0.15, 0.2) is 42.5 Å². The van der Waals surface area contributed by atoms with Gasteiger partial charge in [0, 0.05) is 17.3 Å². The molecule has 0 radical (unpaired) electrons. The molecule has 1 atom stereocenters. The van der Waals surface area contributed by atoms with E-state index in [9.17, 15) is 9.59 Å². The Bertz CT molecular complexity index is 888. The van der Waals surface area contributed by atoms with Crippen LogP contribution in [0.1, 0.15) is 47.7 Å². The summed E-state index contributed by atoms with van der Waals surface area (Å²) in [4.78, 5) is 26.8. The number of nitrogens with zero attached hydrogens (tertiary/aromatic N) is 1. The monoisotopic (exact) mass is 394 g/mol. The topological polar surface area (TPSA) is 49.4 Å². The molecule has 1 saturated heterocycles. The van der Waals surface area contributed by atoms with Crippen LogP contribution in [-0.2, 0) is 9.59 Å². The Morgan fingerprint density at radius 2 is 1.79 bits per heavy atom. The van der Waals surface area contributed by atoms with Gasteiger partial charge in [-0.2, -0.15) is 0 Å². The van der Waals surface area contributed by atoms with E-state index >= 15 is 0 Å². The van der Waals surface area contributed by atoms with E-state index in [-0.39, 0.29) is 23.1 Å². The number of carbonyl (C=O) groups excluding carboxylic acids is 2. The number of aryl methyl sites for hydroxylation is 2. The number of carbonyl (C=O) groups is 2. The Morgan fingerprint density at radius 1 is 1.07 bits per heavy atom. The lowest BCUT2D eigenvalue weighted by Crippen LogP contribution is -2.28. The minimum absolute atomic E-state index is 0.0338. The molecule has 2 aliphatic rings. The highest BCUT2D eigenvalue weighted by molar-refractivity contribution is 8.00. The highest BCUT2D eigenvalue weighted by atomic mass is 32.2. The van der Waals surface area contributed by atoms with Crippen LogP contribution < -0.4 is 10.2 Å². The van der Waals surface area contributed by atoms with E-state index in [4.69, 9.17) is 0 Å². The smallest absolute Gasteiger partial charge is 0.238 e. The first kappa shape index (κ1) is 19.1. The van der Waals surface area contributed by atoms with Gasteiger partial charge < -0.3 is 5.32 Å². The molecule has 1 aliphatic heterocycles. The molecule has 1 saturated carbocycles. The molecule has 1 aliphatic carbocycles. The SMILES string of the molecule is Cc1ccc(N2C(=O)CSC2c2ccc(NC(=O)C3CCCC3)cc2)c(C)c1. The fraction of sp³-hybridized carbons (Fsp3) is 0.391. The van der Waals surface area contributed by atoms with Gasteiger partial charge in [-0.05, 0) is 56.0 Å². The zero-order valence-corrected chi connectivity index (χ0v) is 17.2. The Balaban J connectivity index is 1.52. The molecule has 0 aromatic heterocycles. The number of thioether (sulfide) groups is 1. The van der Waals surface area contributed by atoms with Crippen molar-refractivity contribution in [2.45, 2.75) is 44.9 Å². The van der Waals surface area contributed by atoms with Gasteiger partial charge in [0.05, 0.1) is 5.75 Å². The van der Waals surface area contributed by atoms with Crippen LogP contribution in [0.2, 0.25) is 0 Å². The van der Waals surface area contributed by atoms with E-state index in [1.54, 1.807) is 11.8 Å².